The Kier molecular flexibility index (Phi) is 12.7. The topological polar surface area (TPSA) is 20.3 Å². The highest BCUT2D eigenvalue weighted by Crippen LogP contribution is 2.17. The van der Waals surface area contributed by atoms with E-state index < -0.39 is 0 Å². The quantitative estimate of drug-likeness (QED) is 0.319. The summed E-state index contributed by atoms with van der Waals surface area (Å²) in [6.45, 7) is 4.56. The molecule has 1 aliphatic heterocycles. The molecular formula is C20H39NO. The fourth-order valence-corrected chi connectivity index (χ4v) is 3.60. The van der Waals surface area contributed by atoms with Crippen LogP contribution in [0.15, 0.2) is 0 Å². The predicted octanol–water partition coefficient (Wildman–Crippen LogP) is 5.74. The number of aldehydes is 1. The number of unbranched alkanes of at least 4 members (excludes halogenated alkanes) is 10. The number of rotatable bonds is 13. The molecule has 0 aromatic carbocycles. The molecule has 1 heterocycles. The second kappa shape index (κ2) is 14.2. The average Bonchev–Trinajstić information content (AvgIpc) is 2.77. The van der Waals surface area contributed by atoms with Crippen LogP contribution in [0.5, 0.6) is 0 Å². The first kappa shape index (κ1) is 19.7. The van der Waals surface area contributed by atoms with Crippen molar-refractivity contribution in [3.05, 3.63) is 0 Å². The highest BCUT2D eigenvalue weighted by atomic mass is 16.1. The Balaban J connectivity index is 1.90. The summed E-state index contributed by atoms with van der Waals surface area (Å²) in [6.07, 6.45) is 21.4. The molecular weight excluding hydrogens is 270 g/mol. The van der Waals surface area contributed by atoms with Gasteiger partial charge in [0.25, 0.3) is 0 Å². The number of nitrogens with zero attached hydrogens (tertiary/aromatic N) is 1. The molecule has 0 bridgehead atoms. The molecule has 0 N–H and O–H groups in total. The van der Waals surface area contributed by atoms with E-state index in [1.807, 2.05) is 0 Å². The first-order valence-electron chi connectivity index (χ1n) is 10.1. The van der Waals surface area contributed by atoms with Crippen LogP contribution in [-0.2, 0) is 4.79 Å². The fraction of sp³-hybridized carbons (Fsp3) is 0.950. The fourth-order valence-electron chi connectivity index (χ4n) is 3.60. The number of hydrogen-bond donors (Lipinski definition) is 0. The van der Waals surface area contributed by atoms with Gasteiger partial charge in [0.2, 0.25) is 0 Å². The molecule has 0 amide bonds. The monoisotopic (exact) mass is 309 g/mol. The van der Waals surface area contributed by atoms with Crippen LogP contribution in [0.3, 0.4) is 0 Å². The van der Waals surface area contributed by atoms with Crippen LogP contribution in [0.1, 0.15) is 103 Å². The molecule has 0 aromatic heterocycles. The van der Waals surface area contributed by atoms with E-state index >= 15 is 0 Å². The normalized spacial score (nSPS) is 20.0. The van der Waals surface area contributed by atoms with E-state index in [2.05, 4.69) is 11.8 Å². The summed E-state index contributed by atoms with van der Waals surface area (Å²) in [5, 5.41) is 0. The van der Waals surface area contributed by atoms with Gasteiger partial charge in [0.05, 0.1) is 6.04 Å². The lowest BCUT2D eigenvalue weighted by Crippen LogP contribution is -2.36. The van der Waals surface area contributed by atoms with Gasteiger partial charge in [0, 0.05) is 0 Å². The zero-order valence-corrected chi connectivity index (χ0v) is 15.0. The summed E-state index contributed by atoms with van der Waals surface area (Å²) in [5.74, 6) is 0. The van der Waals surface area contributed by atoms with E-state index in [0.717, 1.165) is 19.5 Å². The summed E-state index contributed by atoms with van der Waals surface area (Å²) < 4.78 is 0. The van der Waals surface area contributed by atoms with Crippen molar-refractivity contribution in [2.24, 2.45) is 0 Å². The van der Waals surface area contributed by atoms with Gasteiger partial charge in [-0.3, -0.25) is 4.90 Å². The van der Waals surface area contributed by atoms with Crippen molar-refractivity contribution < 1.29 is 4.79 Å². The van der Waals surface area contributed by atoms with Gasteiger partial charge in [-0.05, 0) is 32.4 Å². The molecule has 1 aliphatic rings. The number of hydrogen-bond acceptors (Lipinski definition) is 2. The van der Waals surface area contributed by atoms with Gasteiger partial charge in [-0.15, -0.1) is 0 Å². The Morgan fingerprint density at radius 1 is 0.818 bits per heavy atom. The van der Waals surface area contributed by atoms with Crippen LogP contribution in [0.2, 0.25) is 0 Å². The van der Waals surface area contributed by atoms with Gasteiger partial charge in [0.15, 0.2) is 0 Å². The molecule has 0 aliphatic carbocycles. The molecule has 2 nitrogen and oxygen atoms in total. The molecule has 1 saturated heterocycles. The molecule has 1 atom stereocenters. The number of carbonyl (C=O) groups is 1. The van der Waals surface area contributed by atoms with Gasteiger partial charge in [-0.2, -0.15) is 0 Å². The van der Waals surface area contributed by atoms with Gasteiger partial charge >= 0.3 is 0 Å². The van der Waals surface area contributed by atoms with Crippen LogP contribution in [0.25, 0.3) is 0 Å². The standard InChI is InChI=1S/C20H39NO/c1-2-3-4-5-6-7-8-9-10-11-14-17-21-18-15-12-13-16-20(21)19-22/h19-20H,2-18H2,1H3. The maximum atomic E-state index is 11.2. The third kappa shape index (κ3) is 9.61. The third-order valence-electron chi connectivity index (χ3n) is 5.12. The molecule has 0 saturated carbocycles. The van der Waals surface area contributed by atoms with Crippen LogP contribution >= 0.6 is 0 Å². The van der Waals surface area contributed by atoms with Crippen LogP contribution in [0.4, 0.5) is 0 Å². The Hall–Kier alpha value is -0.370. The third-order valence-corrected chi connectivity index (χ3v) is 5.12. The van der Waals surface area contributed by atoms with E-state index in [1.165, 1.54) is 96.2 Å². The summed E-state index contributed by atoms with van der Waals surface area (Å²) in [7, 11) is 0. The molecule has 130 valence electrons. The Morgan fingerprint density at radius 2 is 1.41 bits per heavy atom. The molecule has 0 spiro atoms. The maximum absolute atomic E-state index is 11.2. The lowest BCUT2D eigenvalue weighted by Gasteiger charge is -2.25. The maximum Gasteiger partial charge on any atom is 0.137 e. The molecule has 0 radical (unpaired) electrons. The van der Waals surface area contributed by atoms with Crippen molar-refractivity contribution in [3.63, 3.8) is 0 Å². The predicted molar refractivity (Wildman–Crippen MR) is 96.4 cm³/mol. The number of carbonyl (C=O) groups excluding carboxylic acids is 1. The van der Waals surface area contributed by atoms with Gasteiger partial charge < -0.3 is 4.79 Å². The lowest BCUT2D eigenvalue weighted by atomic mass is 10.1. The van der Waals surface area contributed by atoms with Crippen LogP contribution in [-0.4, -0.2) is 30.3 Å². The van der Waals surface area contributed by atoms with Crippen LogP contribution < -0.4 is 0 Å². The highest BCUT2D eigenvalue weighted by Gasteiger charge is 2.19. The largest absolute Gasteiger partial charge is 0.302 e. The van der Waals surface area contributed by atoms with Crippen molar-refractivity contribution in [2.45, 2.75) is 109 Å². The van der Waals surface area contributed by atoms with E-state index in [4.69, 9.17) is 0 Å². The molecule has 2 heteroatoms. The Bertz CT molecular complexity index is 254. The second-order valence-electron chi connectivity index (χ2n) is 7.12. The smallest absolute Gasteiger partial charge is 0.137 e. The Labute approximate surface area is 139 Å². The van der Waals surface area contributed by atoms with Crippen molar-refractivity contribution in [2.75, 3.05) is 13.1 Å². The molecule has 0 aromatic rings. The lowest BCUT2D eigenvalue weighted by molar-refractivity contribution is -0.112. The minimum atomic E-state index is 0.214. The Morgan fingerprint density at radius 3 is 2.00 bits per heavy atom. The van der Waals surface area contributed by atoms with Crippen molar-refractivity contribution in [1.82, 2.24) is 4.90 Å². The minimum Gasteiger partial charge on any atom is -0.302 e. The summed E-state index contributed by atoms with van der Waals surface area (Å²) in [6, 6.07) is 0.214. The molecule has 1 unspecified atom stereocenters. The summed E-state index contributed by atoms with van der Waals surface area (Å²) >= 11 is 0. The molecule has 1 rings (SSSR count). The van der Waals surface area contributed by atoms with Gasteiger partial charge in [-0.25, -0.2) is 0 Å². The van der Waals surface area contributed by atoms with Gasteiger partial charge in [-0.1, -0.05) is 84.0 Å². The zero-order chi connectivity index (χ0) is 15.9. The number of likely N-dealkylation sites (tertiary alicyclic amines) is 1. The van der Waals surface area contributed by atoms with Gasteiger partial charge in [0.1, 0.15) is 6.29 Å². The van der Waals surface area contributed by atoms with Crippen molar-refractivity contribution in [1.29, 1.82) is 0 Å². The van der Waals surface area contributed by atoms with Crippen LogP contribution in [0, 0.1) is 0 Å². The molecule has 1 fully saturated rings. The highest BCUT2D eigenvalue weighted by molar-refractivity contribution is 5.57. The van der Waals surface area contributed by atoms with Crippen molar-refractivity contribution >= 4 is 6.29 Å². The second-order valence-corrected chi connectivity index (χ2v) is 7.12. The average molecular weight is 310 g/mol. The van der Waals surface area contributed by atoms with E-state index in [9.17, 15) is 4.79 Å². The first-order chi connectivity index (χ1) is 10.9. The molecule has 22 heavy (non-hydrogen) atoms. The summed E-state index contributed by atoms with van der Waals surface area (Å²) in [4.78, 5) is 13.6. The van der Waals surface area contributed by atoms with E-state index in [-0.39, 0.29) is 6.04 Å². The minimum absolute atomic E-state index is 0.214. The van der Waals surface area contributed by atoms with Crippen molar-refractivity contribution in [3.8, 4) is 0 Å². The SMILES string of the molecule is CCCCCCCCCCCCCN1CCCCCC1C=O. The van der Waals surface area contributed by atoms with E-state index in [0.29, 0.717) is 0 Å². The zero-order valence-electron chi connectivity index (χ0n) is 15.0. The summed E-state index contributed by atoms with van der Waals surface area (Å²) in [5.41, 5.74) is 0. The van der Waals surface area contributed by atoms with E-state index in [1.54, 1.807) is 0 Å². The first-order valence-corrected chi connectivity index (χ1v) is 10.1.